The third-order valence-electron chi connectivity index (χ3n) is 12.2. The Kier molecular flexibility index (Phi) is 16.9. The number of anilines is 1. The van der Waals surface area contributed by atoms with Crippen LogP contribution in [-0.2, 0) is 69.2 Å². The number of aliphatic carboxylic acids is 1. The summed E-state index contributed by atoms with van der Waals surface area (Å²) in [4.78, 5) is 12.9. The molecule has 2 unspecified atom stereocenters. The van der Waals surface area contributed by atoms with Crippen LogP contribution in [0.4, 0.5) is 11.4 Å². The first kappa shape index (κ1) is 54.1. The molecule has 17 nitrogen and oxygen atoms in total. The minimum atomic E-state index is -4.67. The molecule has 0 fully saturated rings. The average Bonchev–Trinajstić information content (AvgIpc) is 3.56. The van der Waals surface area contributed by atoms with E-state index in [4.69, 9.17) is 13.1 Å². The minimum Gasteiger partial charge on any atom is -0.481 e. The Balaban J connectivity index is 2.02. The highest BCUT2D eigenvalue weighted by molar-refractivity contribution is 7.87. The third kappa shape index (κ3) is 13.3. The molecule has 2 atom stereocenters. The van der Waals surface area contributed by atoms with Gasteiger partial charge in [-0.15, -0.1) is 0 Å². The van der Waals surface area contributed by atoms with Gasteiger partial charge in [-0.1, -0.05) is 6.08 Å². The van der Waals surface area contributed by atoms with Gasteiger partial charge in [0.25, 0.3) is 40.5 Å². The van der Waals surface area contributed by atoms with E-state index >= 15 is 0 Å². The Bertz CT molecular complexity index is 2650. The van der Waals surface area contributed by atoms with E-state index in [0.29, 0.717) is 72.7 Å². The van der Waals surface area contributed by atoms with Crippen LogP contribution in [0.25, 0.3) is 0 Å². The SMILES string of the molecule is COS(=O)(=O)CCCC1(C)C(=CC=CC2=[N+](CCCCCC(=O)O)c3ccc(S(=O)(=O)OC)cc3C2(C)CCCS(=O)(=O)O)N(C(C)(C)CCOC(C)(C)C)c2ccc(S(=O)(=O)O)cc21. The maximum absolute atomic E-state index is 13.0. The van der Waals surface area contributed by atoms with Crippen LogP contribution in [0.1, 0.15) is 117 Å². The van der Waals surface area contributed by atoms with E-state index in [1.165, 1.54) is 24.3 Å². The maximum atomic E-state index is 13.0. The summed E-state index contributed by atoms with van der Waals surface area (Å²) in [5.74, 6) is -1.82. The molecule has 65 heavy (non-hydrogen) atoms. The summed E-state index contributed by atoms with van der Waals surface area (Å²) in [6.07, 6.45) is 7.88. The van der Waals surface area contributed by atoms with Gasteiger partial charge < -0.3 is 14.7 Å². The van der Waals surface area contributed by atoms with Crippen molar-refractivity contribution in [3.63, 3.8) is 0 Å². The molecular weight excluding hydrogens is 925 g/mol. The second kappa shape index (κ2) is 20.4. The fraction of sp³-hybridized carbons (Fsp3) is 0.591. The molecule has 3 N–H and O–H groups in total. The van der Waals surface area contributed by atoms with Crippen LogP contribution >= 0.6 is 0 Å². The zero-order valence-corrected chi connectivity index (χ0v) is 41.9. The number of hydrogen-bond acceptors (Lipinski definition) is 13. The van der Waals surface area contributed by atoms with Crippen molar-refractivity contribution in [1.82, 2.24) is 0 Å². The summed E-state index contributed by atoms with van der Waals surface area (Å²) >= 11 is 0. The van der Waals surface area contributed by atoms with Gasteiger partial charge in [0.05, 0.1) is 46.5 Å². The molecule has 0 aliphatic carbocycles. The van der Waals surface area contributed by atoms with Gasteiger partial charge in [-0.3, -0.25) is 22.3 Å². The van der Waals surface area contributed by atoms with Crippen molar-refractivity contribution in [1.29, 1.82) is 0 Å². The van der Waals surface area contributed by atoms with E-state index in [9.17, 15) is 52.7 Å². The monoisotopic (exact) mass is 989 g/mol. The van der Waals surface area contributed by atoms with E-state index < -0.39 is 74.2 Å². The lowest BCUT2D eigenvalue weighted by Crippen LogP contribution is -2.45. The van der Waals surface area contributed by atoms with Gasteiger partial charge in [0.15, 0.2) is 5.71 Å². The predicted octanol–water partition coefficient (Wildman–Crippen LogP) is 6.90. The van der Waals surface area contributed by atoms with Crippen LogP contribution in [0.3, 0.4) is 0 Å². The molecular formula is C44H65N2O15S4+. The van der Waals surface area contributed by atoms with Gasteiger partial charge in [0.2, 0.25) is 5.69 Å². The van der Waals surface area contributed by atoms with E-state index in [0.717, 1.165) is 14.2 Å². The molecule has 2 aliphatic rings. The number of carboxylic acids is 1. The smallest absolute Gasteiger partial charge is 0.303 e. The molecule has 0 radical (unpaired) electrons. The molecule has 2 heterocycles. The topological polar surface area (TPSA) is 248 Å². The second-order valence-electron chi connectivity index (χ2n) is 18.6. The zero-order chi connectivity index (χ0) is 49.0. The Morgan fingerprint density at radius 2 is 1.40 bits per heavy atom. The highest BCUT2D eigenvalue weighted by Crippen LogP contribution is 2.54. The molecule has 0 bridgehead atoms. The first-order valence-electron chi connectivity index (χ1n) is 21.3. The van der Waals surface area contributed by atoms with Crippen molar-refractivity contribution in [2.24, 2.45) is 0 Å². The third-order valence-corrected chi connectivity index (χ3v) is 16.4. The number of unbranched alkanes of at least 4 members (excludes halogenated alkanes) is 2. The fourth-order valence-corrected chi connectivity index (χ4v) is 11.1. The van der Waals surface area contributed by atoms with Crippen LogP contribution in [-0.4, -0.2) is 114 Å². The van der Waals surface area contributed by atoms with Crippen LogP contribution < -0.4 is 4.90 Å². The molecule has 0 aromatic heterocycles. The van der Waals surface area contributed by atoms with Gasteiger partial charge in [-0.25, -0.2) is 0 Å². The number of benzene rings is 2. The fourth-order valence-electron chi connectivity index (χ4n) is 8.75. The molecule has 2 aliphatic heterocycles. The summed E-state index contributed by atoms with van der Waals surface area (Å²) in [7, 11) is -15.0. The lowest BCUT2D eigenvalue weighted by Gasteiger charge is -2.41. The summed E-state index contributed by atoms with van der Waals surface area (Å²) in [6, 6.07) is 8.89. The van der Waals surface area contributed by atoms with Crippen LogP contribution in [0.2, 0.25) is 0 Å². The molecule has 4 rings (SSSR count). The van der Waals surface area contributed by atoms with Crippen LogP contribution in [0.15, 0.2) is 70.1 Å². The van der Waals surface area contributed by atoms with Gasteiger partial charge in [0, 0.05) is 59.5 Å². The Hall–Kier alpha value is -3.54. The lowest BCUT2D eigenvalue weighted by molar-refractivity contribution is -0.438. The summed E-state index contributed by atoms with van der Waals surface area (Å²) in [5, 5.41) is 9.26. The number of fused-ring (bicyclic) bond motifs is 2. The normalized spacial score (nSPS) is 20.3. The maximum Gasteiger partial charge on any atom is 0.303 e. The standard InChI is InChI=1S/C44H64N2O15S4/c1-41(2,3)61-27-25-42(4,5)46-37-22-19-32(64(54,55)56)30-35(37)44(7,24-15-29-63(52,53)59-8)39(46)17-13-16-38-43(6,23-14-28-62(49,50)51)34-31-33(65(57,58)60-9)20-21-36(34)45(38)26-12-10-11-18-40(47)48/h13,16-17,19-22,30-31H,10-12,14-15,18,23-29H2,1-9H3,(H2-,47,48,49,50,51,54,55,56)/p+1. The highest BCUT2D eigenvalue weighted by atomic mass is 32.2. The van der Waals surface area contributed by atoms with E-state index in [-0.39, 0.29) is 47.6 Å². The van der Waals surface area contributed by atoms with E-state index in [1.54, 1.807) is 18.2 Å². The second-order valence-corrected chi connectivity index (χ2v) is 25.1. The number of allylic oxidation sites excluding steroid dienone is 4. The van der Waals surface area contributed by atoms with Gasteiger partial charge in [-0.2, -0.15) is 38.2 Å². The van der Waals surface area contributed by atoms with E-state index in [1.807, 2.05) is 65.2 Å². The van der Waals surface area contributed by atoms with Crippen LogP contribution in [0, 0.1) is 0 Å². The number of rotatable bonds is 24. The first-order valence-corrected chi connectivity index (χ1v) is 27.4. The molecule has 0 spiro atoms. The molecule has 0 amide bonds. The van der Waals surface area contributed by atoms with Gasteiger partial charge >= 0.3 is 5.97 Å². The first-order chi connectivity index (χ1) is 29.8. The van der Waals surface area contributed by atoms with E-state index in [2.05, 4.69) is 4.90 Å². The Morgan fingerprint density at radius 1 is 0.785 bits per heavy atom. The molecule has 2 aromatic rings. The number of ether oxygens (including phenoxy) is 1. The van der Waals surface area contributed by atoms with Crippen molar-refractivity contribution in [3.8, 4) is 0 Å². The van der Waals surface area contributed by atoms with Crippen molar-refractivity contribution in [2.45, 2.75) is 138 Å². The summed E-state index contributed by atoms with van der Waals surface area (Å²) in [5.41, 5.74) is 0.349. The molecule has 0 saturated carbocycles. The van der Waals surface area contributed by atoms with Crippen LogP contribution in [0.5, 0.6) is 0 Å². The minimum absolute atomic E-state index is 0.00657. The highest BCUT2D eigenvalue weighted by Gasteiger charge is 2.50. The van der Waals surface area contributed by atoms with Crippen molar-refractivity contribution in [2.75, 3.05) is 43.8 Å². The number of hydrogen-bond donors (Lipinski definition) is 3. The largest absolute Gasteiger partial charge is 0.481 e. The van der Waals surface area contributed by atoms with Crippen molar-refractivity contribution >= 4 is 63.5 Å². The average molecular weight is 990 g/mol. The lowest BCUT2D eigenvalue weighted by atomic mass is 9.75. The van der Waals surface area contributed by atoms with Gasteiger partial charge in [0.1, 0.15) is 6.54 Å². The Labute approximate surface area is 385 Å². The van der Waals surface area contributed by atoms with Crippen molar-refractivity contribution in [3.05, 3.63) is 71.5 Å². The van der Waals surface area contributed by atoms with Gasteiger partial charge in [-0.05, 0) is 135 Å². The molecule has 0 saturated heterocycles. The molecule has 2 aromatic carbocycles. The number of carbonyl (C=O) groups is 1. The number of nitrogens with zero attached hydrogens (tertiary/aromatic N) is 2. The summed E-state index contributed by atoms with van der Waals surface area (Å²) < 4.78 is 138. The number of carboxylic acid groups (broad SMARTS) is 1. The molecule has 364 valence electrons. The molecule has 21 heteroatoms. The van der Waals surface area contributed by atoms with Crippen molar-refractivity contribution < 1.29 is 70.4 Å². The quantitative estimate of drug-likeness (QED) is 0.0419. The Morgan fingerprint density at radius 3 is 1.98 bits per heavy atom. The zero-order valence-electron chi connectivity index (χ0n) is 38.7. The summed E-state index contributed by atoms with van der Waals surface area (Å²) in [6.45, 7) is 14.3. The predicted molar refractivity (Wildman–Crippen MR) is 247 cm³/mol.